The van der Waals surface area contributed by atoms with E-state index in [4.69, 9.17) is 9.84 Å². The van der Waals surface area contributed by atoms with Crippen LogP contribution in [0.1, 0.15) is 10.4 Å². The van der Waals surface area contributed by atoms with Gasteiger partial charge in [0.1, 0.15) is 3.70 Å². The Morgan fingerprint density at radius 1 is 1.69 bits per heavy atom. The third kappa shape index (κ3) is 3.05. The highest BCUT2D eigenvalue weighted by Gasteiger charge is 2.13. The smallest absolute Gasteiger partial charge is 0.255 e. The molecule has 0 fully saturated rings. The molecule has 0 aliphatic heterocycles. The van der Waals surface area contributed by atoms with Gasteiger partial charge in [-0.1, -0.05) is 0 Å². The molecular weight excluding hydrogens is 323 g/mol. The summed E-state index contributed by atoms with van der Waals surface area (Å²) in [6, 6.07) is 1.64. The number of methoxy groups -OCH3 is 1. The van der Waals surface area contributed by atoms with Gasteiger partial charge in [0.25, 0.3) is 5.91 Å². The second-order valence-corrected chi connectivity index (χ2v) is 4.19. The summed E-state index contributed by atoms with van der Waals surface area (Å²) in [4.78, 5) is 17.3. The van der Waals surface area contributed by atoms with E-state index in [1.54, 1.807) is 13.1 Å². The molecule has 0 aliphatic rings. The maximum Gasteiger partial charge on any atom is 0.255 e. The number of hydrogen-bond donors (Lipinski definition) is 1. The molecular formula is C10H13IN2O3. The minimum Gasteiger partial charge on any atom is -0.494 e. The van der Waals surface area contributed by atoms with Crippen LogP contribution in [-0.4, -0.2) is 48.2 Å². The zero-order chi connectivity index (χ0) is 12.1. The number of rotatable bonds is 4. The van der Waals surface area contributed by atoms with Crippen LogP contribution in [0.5, 0.6) is 5.75 Å². The minimum atomic E-state index is -0.184. The summed E-state index contributed by atoms with van der Waals surface area (Å²) < 4.78 is 5.80. The fraction of sp³-hybridized carbons (Fsp3) is 0.400. The topological polar surface area (TPSA) is 62.7 Å². The van der Waals surface area contributed by atoms with Crippen LogP contribution in [0.15, 0.2) is 12.3 Å². The van der Waals surface area contributed by atoms with Crippen LogP contribution in [0.25, 0.3) is 0 Å². The first kappa shape index (κ1) is 13.2. The van der Waals surface area contributed by atoms with Crippen molar-refractivity contribution >= 4 is 28.5 Å². The number of ether oxygens (including phenoxy) is 1. The highest BCUT2D eigenvalue weighted by molar-refractivity contribution is 14.1. The number of amides is 1. The highest BCUT2D eigenvalue weighted by atomic mass is 127. The Bertz CT molecular complexity index is 384. The lowest BCUT2D eigenvalue weighted by Gasteiger charge is -2.15. The van der Waals surface area contributed by atoms with Crippen molar-refractivity contribution in [3.8, 4) is 5.75 Å². The van der Waals surface area contributed by atoms with Gasteiger partial charge >= 0.3 is 0 Å². The Morgan fingerprint density at radius 2 is 2.38 bits per heavy atom. The summed E-state index contributed by atoms with van der Waals surface area (Å²) in [6.07, 6.45) is 1.50. The summed E-state index contributed by atoms with van der Waals surface area (Å²) in [7, 11) is 3.16. The number of nitrogens with zero attached hydrogens (tertiary/aromatic N) is 2. The van der Waals surface area contributed by atoms with Crippen molar-refractivity contribution in [1.29, 1.82) is 0 Å². The summed E-state index contributed by atoms with van der Waals surface area (Å²) in [5.41, 5.74) is 0.452. The quantitative estimate of drug-likeness (QED) is 0.651. The largest absolute Gasteiger partial charge is 0.494 e. The number of likely N-dealkylation sites (N-methyl/N-ethyl adjacent to an activating group) is 1. The van der Waals surface area contributed by atoms with Crippen LogP contribution in [0.2, 0.25) is 0 Å². The molecule has 6 heteroatoms. The number of aromatic nitrogens is 1. The van der Waals surface area contributed by atoms with E-state index in [0.717, 1.165) is 0 Å². The highest BCUT2D eigenvalue weighted by Crippen LogP contribution is 2.19. The van der Waals surface area contributed by atoms with Gasteiger partial charge in [-0.2, -0.15) is 0 Å². The zero-order valence-electron chi connectivity index (χ0n) is 9.11. The Morgan fingerprint density at radius 3 is 2.94 bits per heavy atom. The van der Waals surface area contributed by atoms with E-state index in [0.29, 0.717) is 21.6 Å². The van der Waals surface area contributed by atoms with Crippen LogP contribution in [0, 0.1) is 3.70 Å². The summed E-state index contributed by atoms with van der Waals surface area (Å²) >= 11 is 2.03. The van der Waals surface area contributed by atoms with Crippen molar-refractivity contribution in [3.05, 3.63) is 21.5 Å². The molecule has 0 atom stereocenters. The maximum atomic E-state index is 11.8. The number of halogens is 1. The molecule has 0 aliphatic carbocycles. The van der Waals surface area contributed by atoms with Crippen LogP contribution >= 0.6 is 22.6 Å². The first-order valence-corrected chi connectivity index (χ1v) is 5.74. The van der Waals surface area contributed by atoms with Crippen molar-refractivity contribution in [1.82, 2.24) is 9.88 Å². The van der Waals surface area contributed by atoms with E-state index in [1.807, 2.05) is 22.6 Å². The summed E-state index contributed by atoms with van der Waals surface area (Å²) in [6.45, 7) is 0.240. The molecule has 0 saturated heterocycles. The molecule has 0 aromatic carbocycles. The van der Waals surface area contributed by atoms with Gasteiger partial charge in [0.15, 0.2) is 5.75 Å². The number of carbonyl (C=O) groups excluding carboxylic acids is 1. The van der Waals surface area contributed by atoms with Crippen molar-refractivity contribution in [2.45, 2.75) is 0 Å². The summed E-state index contributed by atoms with van der Waals surface area (Å²) in [5.74, 6) is 0.389. The summed E-state index contributed by atoms with van der Waals surface area (Å²) in [5, 5.41) is 8.74. The Hall–Kier alpha value is -0.890. The fourth-order valence-electron chi connectivity index (χ4n) is 1.16. The predicted molar refractivity (Wildman–Crippen MR) is 67.6 cm³/mol. The van der Waals surface area contributed by atoms with Gasteiger partial charge in [-0.3, -0.25) is 4.79 Å². The molecule has 1 rings (SSSR count). The number of carbonyl (C=O) groups is 1. The number of aliphatic hydroxyl groups excluding tert-OH is 1. The first-order chi connectivity index (χ1) is 7.60. The first-order valence-electron chi connectivity index (χ1n) is 4.66. The average Bonchev–Trinajstić information content (AvgIpc) is 2.29. The molecule has 16 heavy (non-hydrogen) atoms. The van der Waals surface area contributed by atoms with Gasteiger partial charge in [-0.15, -0.1) is 0 Å². The molecule has 1 amide bonds. The van der Waals surface area contributed by atoms with Crippen LogP contribution < -0.4 is 4.74 Å². The SMILES string of the molecule is COc1cc(C(=O)N(C)CCO)cnc1I. The zero-order valence-corrected chi connectivity index (χ0v) is 11.3. The third-order valence-corrected chi connectivity index (χ3v) is 2.87. The van der Waals surface area contributed by atoms with E-state index < -0.39 is 0 Å². The Labute approximate surface area is 108 Å². The second kappa shape index (κ2) is 6.00. The molecule has 0 bridgehead atoms. The van der Waals surface area contributed by atoms with E-state index in [2.05, 4.69) is 4.98 Å². The van der Waals surface area contributed by atoms with Crippen molar-refractivity contribution in [2.24, 2.45) is 0 Å². The van der Waals surface area contributed by atoms with Crippen molar-refractivity contribution < 1.29 is 14.6 Å². The lowest BCUT2D eigenvalue weighted by atomic mass is 10.2. The molecule has 1 heterocycles. The van der Waals surface area contributed by atoms with E-state index in [1.165, 1.54) is 18.2 Å². The van der Waals surface area contributed by atoms with Gasteiger partial charge in [0.2, 0.25) is 0 Å². The number of pyridine rings is 1. The van der Waals surface area contributed by atoms with E-state index in [-0.39, 0.29) is 12.5 Å². The van der Waals surface area contributed by atoms with Gasteiger partial charge in [-0.05, 0) is 28.7 Å². The Balaban J connectivity index is 2.92. The number of hydrogen-bond acceptors (Lipinski definition) is 4. The van der Waals surface area contributed by atoms with Gasteiger partial charge in [-0.25, -0.2) is 4.98 Å². The molecule has 1 aromatic heterocycles. The van der Waals surface area contributed by atoms with Crippen LogP contribution in [-0.2, 0) is 0 Å². The molecule has 0 spiro atoms. The minimum absolute atomic E-state index is 0.0584. The molecule has 0 saturated carbocycles. The normalized spacial score (nSPS) is 10.0. The molecule has 1 aromatic rings. The lowest BCUT2D eigenvalue weighted by Crippen LogP contribution is -2.29. The average molecular weight is 336 g/mol. The molecule has 0 unspecified atom stereocenters. The lowest BCUT2D eigenvalue weighted by molar-refractivity contribution is 0.0766. The van der Waals surface area contributed by atoms with E-state index >= 15 is 0 Å². The number of aliphatic hydroxyl groups is 1. The van der Waals surface area contributed by atoms with Crippen LogP contribution in [0.4, 0.5) is 0 Å². The standard InChI is InChI=1S/C10H13IN2O3/c1-13(3-4-14)10(15)7-5-8(16-2)9(11)12-6-7/h5-6,14H,3-4H2,1-2H3. The van der Waals surface area contributed by atoms with Gasteiger partial charge in [0.05, 0.1) is 19.3 Å². The molecule has 1 N–H and O–H groups in total. The van der Waals surface area contributed by atoms with Gasteiger partial charge in [0, 0.05) is 19.8 Å². The van der Waals surface area contributed by atoms with Crippen LogP contribution in [0.3, 0.4) is 0 Å². The third-order valence-electron chi connectivity index (χ3n) is 2.06. The molecule has 0 radical (unpaired) electrons. The molecule has 88 valence electrons. The second-order valence-electron chi connectivity index (χ2n) is 3.17. The molecule has 5 nitrogen and oxygen atoms in total. The van der Waals surface area contributed by atoms with Crippen molar-refractivity contribution in [3.63, 3.8) is 0 Å². The van der Waals surface area contributed by atoms with E-state index in [9.17, 15) is 4.79 Å². The van der Waals surface area contributed by atoms with Crippen molar-refractivity contribution in [2.75, 3.05) is 27.3 Å². The Kier molecular flexibility index (Phi) is 4.94. The predicted octanol–water partition coefficient (Wildman–Crippen LogP) is 0.759. The van der Waals surface area contributed by atoms with Gasteiger partial charge < -0.3 is 14.7 Å². The maximum absolute atomic E-state index is 11.8. The fourth-order valence-corrected chi connectivity index (χ4v) is 1.68. The monoisotopic (exact) mass is 336 g/mol.